The van der Waals surface area contributed by atoms with Crippen molar-refractivity contribution in [1.29, 1.82) is 0 Å². The number of hydrogen-bond donors (Lipinski definition) is 1. The Labute approximate surface area is 161 Å². The summed E-state index contributed by atoms with van der Waals surface area (Å²) in [5, 5.41) is 3.11. The fraction of sp³-hybridized carbons (Fsp3) is 0.250. The van der Waals surface area contributed by atoms with E-state index >= 15 is 0 Å². The second-order valence-corrected chi connectivity index (χ2v) is 6.02. The summed E-state index contributed by atoms with van der Waals surface area (Å²) in [5.74, 6) is -1.44. The van der Waals surface area contributed by atoms with Gasteiger partial charge in [0, 0.05) is 17.8 Å². The van der Waals surface area contributed by atoms with Gasteiger partial charge in [-0.15, -0.1) is 0 Å². The quantitative estimate of drug-likeness (QED) is 0.596. The molecule has 1 aliphatic carbocycles. The Morgan fingerprint density at radius 2 is 2.04 bits per heavy atom. The first-order valence-corrected chi connectivity index (χ1v) is 8.44. The monoisotopic (exact) mass is 386 g/mol. The van der Waals surface area contributed by atoms with Gasteiger partial charge in [0.1, 0.15) is 22.9 Å². The van der Waals surface area contributed by atoms with Gasteiger partial charge in [-0.05, 0) is 30.4 Å². The predicted molar refractivity (Wildman–Crippen MR) is 99.7 cm³/mol. The van der Waals surface area contributed by atoms with E-state index in [1.54, 1.807) is 25.3 Å². The highest BCUT2D eigenvalue weighted by Gasteiger charge is 2.35. The van der Waals surface area contributed by atoms with Crippen molar-refractivity contribution < 1.29 is 28.2 Å². The lowest BCUT2D eigenvalue weighted by atomic mass is 9.88. The SMILES string of the molecule is COC(=O)C1=C(NCc2cc(OC)ccc2OC)C2C=CC(F)=CC2=NC1=O. The predicted octanol–water partition coefficient (Wildman–Crippen LogP) is 2.24. The van der Waals surface area contributed by atoms with Crippen LogP contribution >= 0.6 is 0 Å². The second kappa shape index (κ2) is 8.08. The molecule has 1 aromatic rings. The van der Waals surface area contributed by atoms with E-state index < -0.39 is 23.6 Å². The van der Waals surface area contributed by atoms with Gasteiger partial charge < -0.3 is 19.5 Å². The molecule has 1 atom stereocenters. The molecule has 7 nitrogen and oxygen atoms in total. The zero-order valence-corrected chi connectivity index (χ0v) is 15.6. The van der Waals surface area contributed by atoms with Crippen molar-refractivity contribution in [2.45, 2.75) is 6.54 Å². The topological polar surface area (TPSA) is 86.2 Å². The van der Waals surface area contributed by atoms with E-state index in [1.165, 1.54) is 32.4 Å². The van der Waals surface area contributed by atoms with Gasteiger partial charge in [0.05, 0.1) is 33.0 Å². The maximum absolute atomic E-state index is 13.6. The molecule has 28 heavy (non-hydrogen) atoms. The fourth-order valence-corrected chi connectivity index (χ4v) is 3.06. The van der Waals surface area contributed by atoms with Crippen LogP contribution in [-0.2, 0) is 20.9 Å². The van der Waals surface area contributed by atoms with Gasteiger partial charge in [0.2, 0.25) is 0 Å². The van der Waals surface area contributed by atoms with Crippen molar-refractivity contribution in [3.8, 4) is 11.5 Å². The molecule has 8 heteroatoms. The number of carbonyl (C=O) groups is 2. The van der Waals surface area contributed by atoms with Crippen LogP contribution in [0.1, 0.15) is 5.56 Å². The van der Waals surface area contributed by atoms with Crippen molar-refractivity contribution in [2.24, 2.45) is 10.9 Å². The van der Waals surface area contributed by atoms with Gasteiger partial charge in [0.15, 0.2) is 0 Å². The number of benzene rings is 1. The van der Waals surface area contributed by atoms with E-state index in [-0.39, 0.29) is 17.8 Å². The van der Waals surface area contributed by atoms with E-state index in [1.807, 2.05) is 0 Å². The van der Waals surface area contributed by atoms with Gasteiger partial charge in [-0.1, -0.05) is 6.08 Å². The molecule has 1 unspecified atom stereocenters. The van der Waals surface area contributed by atoms with Gasteiger partial charge in [-0.2, -0.15) is 0 Å². The summed E-state index contributed by atoms with van der Waals surface area (Å²) in [5.41, 5.74) is 1.06. The Kier molecular flexibility index (Phi) is 5.58. The van der Waals surface area contributed by atoms with Crippen molar-refractivity contribution in [3.05, 3.63) is 59.1 Å². The third-order valence-electron chi connectivity index (χ3n) is 4.42. The molecule has 1 N–H and O–H groups in total. The lowest BCUT2D eigenvalue weighted by Crippen LogP contribution is -2.35. The van der Waals surface area contributed by atoms with Crippen LogP contribution in [0.25, 0.3) is 0 Å². The number of fused-ring (bicyclic) bond motifs is 1. The normalized spacial score (nSPS) is 18.1. The molecule has 1 heterocycles. The summed E-state index contributed by atoms with van der Waals surface area (Å²) in [6.45, 7) is 0.229. The molecule has 0 bridgehead atoms. The standard InChI is InChI=1S/C20H19FN2O5/c1-26-13-5-7-16(27-2)11(8-13)10-22-18-14-6-4-12(21)9-15(14)23-19(24)17(18)20(25)28-3/h4-9,14,22H,10H2,1-3H3. The summed E-state index contributed by atoms with van der Waals surface area (Å²) in [6.07, 6.45) is 3.97. The zero-order chi connectivity index (χ0) is 20.3. The molecule has 0 saturated heterocycles. The van der Waals surface area contributed by atoms with Crippen LogP contribution in [0.15, 0.2) is 58.5 Å². The van der Waals surface area contributed by atoms with Crippen LogP contribution < -0.4 is 14.8 Å². The molecule has 0 fully saturated rings. The minimum atomic E-state index is -0.809. The molecular weight excluding hydrogens is 367 g/mol. The van der Waals surface area contributed by atoms with Crippen LogP contribution in [-0.4, -0.2) is 38.9 Å². The van der Waals surface area contributed by atoms with Crippen molar-refractivity contribution >= 4 is 17.6 Å². The number of aliphatic imine (C=N–C) groups is 1. The maximum atomic E-state index is 13.6. The highest BCUT2D eigenvalue weighted by molar-refractivity contribution is 6.24. The van der Waals surface area contributed by atoms with Crippen LogP contribution in [0, 0.1) is 5.92 Å². The van der Waals surface area contributed by atoms with E-state index in [0.717, 1.165) is 5.56 Å². The number of rotatable bonds is 6. The number of allylic oxidation sites excluding steroid dienone is 4. The van der Waals surface area contributed by atoms with Gasteiger partial charge in [0.25, 0.3) is 5.91 Å². The minimum Gasteiger partial charge on any atom is -0.497 e. The van der Waals surface area contributed by atoms with Crippen molar-refractivity contribution in [1.82, 2.24) is 5.32 Å². The number of nitrogens with one attached hydrogen (secondary N) is 1. The number of ether oxygens (including phenoxy) is 3. The first-order chi connectivity index (χ1) is 13.5. The Bertz CT molecular complexity index is 946. The molecule has 3 rings (SSSR count). The third-order valence-corrected chi connectivity index (χ3v) is 4.42. The number of methoxy groups -OCH3 is 3. The number of esters is 1. The van der Waals surface area contributed by atoms with E-state index in [9.17, 15) is 14.0 Å². The van der Waals surface area contributed by atoms with Crippen LogP contribution in [0.5, 0.6) is 11.5 Å². The van der Waals surface area contributed by atoms with Gasteiger partial charge in [-0.25, -0.2) is 14.2 Å². The number of hydrogen-bond acceptors (Lipinski definition) is 6. The summed E-state index contributed by atoms with van der Waals surface area (Å²) < 4.78 is 28.9. The first kappa shape index (κ1) is 19.3. The molecule has 1 aromatic carbocycles. The molecule has 2 aliphatic rings. The van der Waals surface area contributed by atoms with Gasteiger partial charge in [-0.3, -0.25) is 4.79 Å². The minimum absolute atomic E-state index is 0.210. The Hall–Kier alpha value is -3.42. The number of dihydropyridines is 1. The summed E-state index contributed by atoms with van der Waals surface area (Å²) in [4.78, 5) is 28.4. The molecule has 146 valence electrons. The van der Waals surface area contributed by atoms with Crippen molar-refractivity contribution in [3.63, 3.8) is 0 Å². The van der Waals surface area contributed by atoms with Gasteiger partial charge >= 0.3 is 5.97 Å². The highest BCUT2D eigenvalue weighted by Crippen LogP contribution is 2.30. The molecule has 1 amide bonds. The average molecular weight is 386 g/mol. The Balaban J connectivity index is 1.98. The number of nitrogens with zero attached hydrogens (tertiary/aromatic N) is 1. The smallest absolute Gasteiger partial charge is 0.345 e. The lowest BCUT2D eigenvalue weighted by molar-refractivity contribution is -0.137. The second-order valence-electron chi connectivity index (χ2n) is 6.02. The maximum Gasteiger partial charge on any atom is 0.345 e. The summed E-state index contributed by atoms with van der Waals surface area (Å²) >= 11 is 0. The molecule has 1 aliphatic heterocycles. The van der Waals surface area contributed by atoms with Crippen molar-refractivity contribution in [2.75, 3.05) is 21.3 Å². The molecule has 0 saturated carbocycles. The molecule has 0 aromatic heterocycles. The Morgan fingerprint density at radius 3 is 2.71 bits per heavy atom. The first-order valence-electron chi connectivity index (χ1n) is 8.44. The Morgan fingerprint density at radius 1 is 1.25 bits per heavy atom. The van der Waals surface area contributed by atoms with Crippen LogP contribution in [0.2, 0.25) is 0 Å². The molecular formula is C20H19FN2O5. The number of halogens is 1. The van der Waals surface area contributed by atoms with E-state index in [0.29, 0.717) is 17.2 Å². The largest absolute Gasteiger partial charge is 0.497 e. The molecule has 0 spiro atoms. The summed E-state index contributed by atoms with van der Waals surface area (Å²) in [6, 6.07) is 5.29. The lowest BCUT2D eigenvalue weighted by Gasteiger charge is -2.26. The fourth-order valence-electron chi connectivity index (χ4n) is 3.06. The highest BCUT2D eigenvalue weighted by atomic mass is 19.1. The zero-order valence-electron chi connectivity index (χ0n) is 15.6. The average Bonchev–Trinajstić information content (AvgIpc) is 2.70. The van der Waals surface area contributed by atoms with E-state index in [2.05, 4.69) is 10.3 Å². The van der Waals surface area contributed by atoms with Crippen LogP contribution in [0.4, 0.5) is 4.39 Å². The van der Waals surface area contributed by atoms with Crippen LogP contribution in [0.3, 0.4) is 0 Å². The number of carbonyl (C=O) groups excluding carboxylic acids is 2. The molecule has 0 radical (unpaired) electrons. The third kappa shape index (κ3) is 3.66. The van der Waals surface area contributed by atoms with E-state index in [4.69, 9.17) is 14.2 Å². The summed E-state index contributed by atoms with van der Waals surface area (Å²) in [7, 11) is 4.27. The number of amides is 1.